The third-order valence-corrected chi connectivity index (χ3v) is 2.81. The number of benzene rings is 1. The highest BCUT2D eigenvalue weighted by molar-refractivity contribution is 9.15. The Morgan fingerprint density at radius 3 is 3.00 bits per heavy atom. The van der Waals surface area contributed by atoms with Gasteiger partial charge in [0.25, 0.3) is 0 Å². The molecule has 0 unspecified atom stereocenters. The number of hydrogen-bond acceptors (Lipinski definition) is 3. The average Bonchev–Trinajstić information content (AvgIpc) is 2.37. The van der Waals surface area contributed by atoms with E-state index in [1.54, 1.807) is 13.0 Å². The quantitative estimate of drug-likeness (QED) is 0.496. The Labute approximate surface area is 116 Å². The van der Waals surface area contributed by atoms with Crippen molar-refractivity contribution in [1.82, 2.24) is 0 Å². The molecule has 0 bridgehead atoms. The molecule has 0 aliphatic carbocycles. The highest BCUT2D eigenvalue weighted by Crippen LogP contribution is 2.23. The van der Waals surface area contributed by atoms with E-state index in [0.717, 1.165) is 11.3 Å². The molecule has 0 heterocycles. The molecule has 1 rings (SSSR count). The van der Waals surface area contributed by atoms with E-state index in [0.29, 0.717) is 17.6 Å². The van der Waals surface area contributed by atoms with E-state index in [-0.39, 0.29) is 5.97 Å². The number of halogens is 1. The van der Waals surface area contributed by atoms with Crippen LogP contribution in [0.2, 0.25) is 0 Å². The van der Waals surface area contributed by atoms with Gasteiger partial charge in [0.15, 0.2) is 0 Å². The van der Waals surface area contributed by atoms with E-state index in [4.69, 9.17) is 4.74 Å². The molecule has 0 spiro atoms. The first-order chi connectivity index (χ1) is 8.67. The van der Waals surface area contributed by atoms with Gasteiger partial charge in [-0.25, -0.2) is 4.79 Å². The molecule has 0 atom stereocenters. The van der Waals surface area contributed by atoms with E-state index < -0.39 is 0 Å². The van der Waals surface area contributed by atoms with Crippen LogP contribution in [0.5, 0.6) is 0 Å². The van der Waals surface area contributed by atoms with Gasteiger partial charge < -0.3 is 10.1 Å². The van der Waals surface area contributed by atoms with Crippen molar-refractivity contribution in [2.75, 3.05) is 18.5 Å². The second kappa shape index (κ2) is 7.71. The number of esters is 1. The zero-order valence-electron chi connectivity index (χ0n) is 10.3. The Morgan fingerprint density at radius 2 is 2.33 bits per heavy atom. The topological polar surface area (TPSA) is 38.3 Å². The largest absolute Gasteiger partial charge is 0.463 e. The Morgan fingerprint density at radius 1 is 1.56 bits per heavy atom. The summed E-state index contributed by atoms with van der Waals surface area (Å²) >= 11 is 3.37. The van der Waals surface area contributed by atoms with Gasteiger partial charge in [-0.2, -0.15) is 0 Å². The lowest BCUT2D eigenvalue weighted by molar-refractivity contribution is -0.137. The van der Waals surface area contributed by atoms with Gasteiger partial charge in [0.2, 0.25) is 0 Å². The van der Waals surface area contributed by atoms with Crippen LogP contribution < -0.4 is 5.32 Å². The van der Waals surface area contributed by atoms with Crippen molar-refractivity contribution in [3.8, 4) is 0 Å². The average molecular weight is 310 g/mol. The van der Waals surface area contributed by atoms with Crippen LogP contribution in [0, 0.1) is 0 Å². The van der Waals surface area contributed by atoms with E-state index in [1.165, 1.54) is 6.08 Å². The van der Waals surface area contributed by atoms with Crippen molar-refractivity contribution < 1.29 is 9.53 Å². The van der Waals surface area contributed by atoms with Crippen LogP contribution in [0.25, 0.3) is 4.48 Å². The van der Waals surface area contributed by atoms with Gasteiger partial charge in [-0.05, 0) is 40.5 Å². The normalized spacial score (nSPS) is 10.9. The number of nitrogens with one attached hydrogen (secondary N) is 1. The summed E-state index contributed by atoms with van der Waals surface area (Å²) < 4.78 is 5.55. The molecular weight excluding hydrogens is 294 g/mol. The smallest absolute Gasteiger partial charge is 0.331 e. The predicted octanol–water partition coefficient (Wildman–Crippen LogP) is 3.58. The molecule has 3 nitrogen and oxygen atoms in total. The van der Waals surface area contributed by atoms with Crippen LogP contribution in [0.4, 0.5) is 5.69 Å². The van der Waals surface area contributed by atoms with E-state index >= 15 is 0 Å². The molecular formula is C14H16BrNO2. The highest BCUT2D eigenvalue weighted by Gasteiger charge is 2.03. The van der Waals surface area contributed by atoms with Crippen LogP contribution in [0.1, 0.15) is 12.5 Å². The molecule has 4 heteroatoms. The fourth-order valence-corrected chi connectivity index (χ4v) is 1.77. The zero-order chi connectivity index (χ0) is 13.4. The first-order valence-corrected chi connectivity index (χ1v) is 6.45. The van der Waals surface area contributed by atoms with Crippen LogP contribution in [-0.4, -0.2) is 19.1 Å². The van der Waals surface area contributed by atoms with Crippen molar-refractivity contribution in [2.24, 2.45) is 0 Å². The van der Waals surface area contributed by atoms with Gasteiger partial charge in [0.1, 0.15) is 0 Å². The molecule has 0 aliphatic heterocycles. The Hall–Kier alpha value is -1.55. The number of anilines is 1. The van der Waals surface area contributed by atoms with Gasteiger partial charge in [-0.1, -0.05) is 18.2 Å². The minimum Gasteiger partial charge on any atom is -0.463 e. The maximum Gasteiger partial charge on any atom is 0.331 e. The van der Waals surface area contributed by atoms with Gasteiger partial charge in [0.05, 0.1) is 6.61 Å². The first kappa shape index (κ1) is 14.5. The lowest BCUT2D eigenvalue weighted by Gasteiger charge is -2.06. The summed E-state index contributed by atoms with van der Waals surface area (Å²) in [5.41, 5.74) is 1.89. The number of ether oxygens (including phenoxy) is 1. The molecule has 18 heavy (non-hydrogen) atoms. The van der Waals surface area contributed by atoms with Crippen LogP contribution >= 0.6 is 15.9 Å². The summed E-state index contributed by atoms with van der Waals surface area (Å²) in [6, 6.07) is 7.74. The SMILES string of the molecule is C=CCNc1cccc(/C(Br)=C/C(=O)OCC)c1. The molecule has 0 aromatic heterocycles. The molecule has 0 radical (unpaired) electrons. The molecule has 1 aromatic carbocycles. The fraction of sp³-hybridized carbons (Fsp3) is 0.214. The number of hydrogen-bond donors (Lipinski definition) is 1. The number of carbonyl (C=O) groups is 1. The van der Waals surface area contributed by atoms with Crippen LogP contribution in [0.3, 0.4) is 0 Å². The van der Waals surface area contributed by atoms with Crippen LogP contribution in [-0.2, 0) is 9.53 Å². The van der Waals surface area contributed by atoms with Gasteiger partial charge >= 0.3 is 5.97 Å². The monoisotopic (exact) mass is 309 g/mol. The van der Waals surface area contributed by atoms with Crippen molar-refractivity contribution in [2.45, 2.75) is 6.92 Å². The van der Waals surface area contributed by atoms with Gasteiger partial charge in [-0.15, -0.1) is 6.58 Å². The first-order valence-electron chi connectivity index (χ1n) is 5.66. The second-order valence-electron chi connectivity index (χ2n) is 3.49. The third-order valence-electron chi connectivity index (χ3n) is 2.12. The minimum atomic E-state index is -0.353. The molecule has 0 fully saturated rings. The molecule has 1 aromatic rings. The van der Waals surface area contributed by atoms with E-state index in [9.17, 15) is 4.79 Å². The fourth-order valence-electron chi connectivity index (χ4n) is 1.34. The molecule has 0 saturated carbocycles. The van der Waals surface area contributed by atoms with E-state index in [1.807, 2.05) is 24.3 Å². The van der Waals surface area contributed by atoms with Crippen molar-refractivity contribution in [3.63, 3.8) is 0 Å². The molecule has 0 saturated heterocycles. The van der Waals surface area contributed by atoms with Crippen molar-refractivity contribution in [1.29, 1.82) is 0 Å². The molecule has 96 valence electrons. The summed E-state index contributed by atoms with van der Waals surface area (Å²) in [5.74, 6) is -0.353. The van der Waals surface area contributed by atoms with Crippen molar-refractivity contribution in [3.05, 3.63) is 48.6 Å². The van der Waals surface area contributed by atoms with Crippen LogP contribution in [0.15, 0.2) is 43.0 Å². The molecule has 0 amide bonds. The standard InChI is InChI=1S/C14H16BrNO2/c1-3-8-16-12-7-5-6-11(9-12)13(15)10-14(17)18-4-2/h3,5-7,9-10,16H,1,4,8H2,2H3/b13-10-. The van der Waals surface area contributed by atoms with Gasteiger partial charge in [-0.3, -0.25) is 0 Å². The number of carbonyl (C=O) groups excluding carboxylic acids is 1. The maximum atomic E-state index is 11.3. The lowest BCUT2D eigenvalue weighted by Crippen LogP contribution is -2.00. The highest BCUT2D eigenvalue weighted by atomic mass is 79.9. The van der Waals surface area contributed by atoms with E-state index in [2.05, 4.69) is 27.8 Å². The minimum absolute atomic E-state index is 0.353. The molecule has 0 aliphatic rings. The summed E-state index contributed by atoms with van der Waals surface area (Å²) in [5, 5.41) is 3.19. The zero-order valence-corrected chi connectivity index (χ0v) is 11.9. The summed E-state index contributed by atoms with van der Waals surface area (Å²) in [6.45, 7) is 6.49. The Kier molecular flexibility index (Phi) is 6.22. The summed E-state index contributed by atoms with van der Waals surface area (Å²) in [4.78, 5) is 11.3. The van der Waals surface area contributed by atoms with Crippen molar-refractivity contribution >= 4 is 32.1 Å². The summed E-state index contributed by atoms with van der Waals surface area (Å²) in [6.07, 6.45) is 3.21. The Balaban J connectivity index is 2.81. The Bertz CT molecular complexity index is 455. The number of rotatable bonds is 6. The lowest BCUT2D eigenvalue weighted by atomic mass is 10.2. The third kappa shape index (κ3) is 4.75. The molecule has 1 N–H and O–H groups in total. The van der Waals surface area contributed by atoms with Gasteiger partial charge in [0, 0.05) is 22.8 Å². The second-order valence-corrected chi connectivity index (χ2v) is 4.35. The predicted molar refractivity (Wildman–Crippen MR) is 78.7 cm³/mol. The maximum absolute atomic E-state index is 11.3. The summed E-state index contributed by atoms with van der Waals surface area (Å²) in [7, 11) is 0.